The maximum atomic E-state index is 14.6. The van der Waals surface area contributed by atoms with Gasteiger partial charge in [0.2, 0.25) is 0 Å². The largest absolute Gasteiger partial charge is 0.336 e. The van der Waals surface area contributed by atoms with E-state index in [0.717, 1.165) is 45.6 Å². The monoisotopic (exact) mass is 526 g/mol. The number of hydrogen-bond acceptors (Lipinski definition) is 4. The van der Waals surface area contributed by atoms with E-state index in [2.05, 4.69) is 62.1 Å². The molecule has 40 heavy (non-hydrogen) atoms. The van der Waals surface area contributed by atoms with Crippen LogP contribution in [0.1, 0.15) is 23.6 Å². The maximum absolute atomic E-state index is 14.6. The second-order valence-corrected chi connectivity index (χ2v) is 9.55. The number of aromatic nitrogens is 6. The molecule has 0 saturated heterocycles. The first-order chi connectivity index (χ1) is 19.6. The van der Waals surface area contributed by atoms with Crippen molar-refractivity contribution in [3.8, 4) is 22.8 Å². The fourth-order valence-electron chi connectivity index (χ4n) is 4.80. The molecule has 2 aromatic carbocycles. The molecule has 2 N–H and O–H groups in total. The van der Waals surface area contributed by atoms with Crippen molar-refractivity contribution in [3.05, 3.63) is 125 Å². The van der Waals surface area contributed by atoms with E-state index in [1.54, 1.807) is 24.4 Å². The molecule has 0 radical (unpaired) electrons. The lowest BCUT2D eigenvalue weighted by molar-refractivity contribution is 0.631. The highest BCUT2D eigenvalue weighted by molar-refractivity contribution is 5.92. The highest BCUT2D eigenvalue weighted by atomic mass is 19.1. The highest BCUT2D eigenvalue weighted by Crippen LogP contribution is 2.28. The van der Waals surface area contributed by atoms with E-state index in [4.69, 9.17) is 4.98 Å². The van der Waals surface area contributed by atoms with Gasteiger partial charge in [-0.3, -0.25) is 15.1 Å². The summed E-state index contributed by atoms with van der Waals surface area (Å²) in [6, 6.07) is 21.0. The van der Waals surface area contributed by atoms with Gasteiger partial charge in [-0.1, -0.05) is 55.1 Å². The molecule has 0 bridgehead atoms. The molecule has 6 nitrogen and oxygen atoms in total. The van der Waals surface area contributed by atoms with Crippen molar-refractivity contribution in [2.24, 2.45) is 0 Å². The third-order valence-electron chi connectivity index (χ3n) is 6.91. The number of halogens is 1. The third-order valence-corrected chi connectivity index (χ3v) is 6.91. The summed E-state index contributed by atoms with van der Waals surface area (Å²) in [6.45, 7) is 6.29. The number of pyridine rings is 2. The molecule has 0 aliphatic rings. The van der Waals surface area contributed by atoms with Gasteiger partial charge in [0.1, 0.15) is 22.7 Å². The molecular weight excluding hydrogens is 499 g/mol. The lowest BCUT2D eigenvalue weighted by Crippen LogP contribution is -2.23. The van der Waals surface area contributed by atoms with Gasteiger partial charge in [-0.2, -0.15) is 5.10 Å². The van der Waals surface area contributed by atoms with Crippen LogP contribution in [0.2, 0.25) is 0 Å². The Kier molecular flexibility index (Phi) is 6.85. The van der Waals surface area contributed by atoms with E-state index in [1.165, 1.54) is 11.6 Å². The van der Waals surface area contributed by atoms with Gasteiger partial charge in [0.05, 0.1) is 10.9 Å². The number of hydrogen-bond donors (Lipinski definition) is 2. The number of benzene rings is 2. The van der Waals surface area contributed by atoms with E-state index in [1.807, 2.05) is 43.6 Å². The second-order valence-electron chi connectivity index (χ2n) is 9.55. The summed E-state index contributed by atoms with van der Waals surface area (Å²) < 4.78 is 14.6. The van der Waals surface area contributed by atoms with Crippen molar-refractivity contribution in [2.75, 3.05) is 0 Å². The fourth-order valence-corrected chi connectivity index (χ4v) is 4.80. The summed E-state index contributed by atoms with van der Waals surface area (Å²) >= 11 is 0. The molecule has 6 aromatic rings. The number of nitrogens with zero attached hydrogens (tertiary/aromatic N) is 4. The van der Waals surface area contributed by atoms with Gasteiger partial charge in [-0.25, -0.2) is 9.37 Å². The van der Waals surface area contributed by atoms with Gasteiger partial charge >= 0.3 is 0 Å². The molecule has 4 heterocycles. The minimum absolute atomic E-state index is 0.348. The maximum Gasteiger partial charge on any atom is 0.159 e. The van der Waals surface area contributed by atoms with Gasteiger partial charge in [0.25, 0.3) is 0 Å². The Hall–Kier alpha value is -5.17. The summed E-state index contributed by atoms with van der Waals surface area (Å²) in [4.78, 5) is 17.1. The van der Waals surface area contributed by atoms with E-state index < -0.39 is 0 Å². The molecule has 0 fully saturated rings. The standard InChI is InChI=1S/C33H27FN6/c1-3-28-26(17-21(2)24-18-23(19-35-20-24)14-13-22-9-5-4-6-10-22)31(40-39-28)33-37-29-15-16-36-30(32(29)38-33)25-11-7-8-12-27(25)34/h3-12,15-20,39H,2,13-14H2,1H3,(H,37,38)/b26-17+,28-3+. The number of nitrogens with one attached hydrogen (secondary N) is 2. The fraction of sp³-hybridized carbons (Fsp3) is 0.0909. The molecule has 0 unspecified atom stereocenters. The SMILES string of the molecule is C=C(/C=c1/c(-c2nc3c(-c4ccccc4F)nccc3[nH]2)n[nH]/c1=C/C)c1cncc(CCc2ccccc2)c1. The van der Waals surface area contributed by atoms with Crippen molar-refractivity contribution >= 4 is 28.8 Å². The molecular formula is C33H27FN6. The summed E-state index contributed by atoms with van der Waals surface area (Å²) in [6.07, 6.45) is 11.2. The summed E-state index contributed by atoms with van der Waals surface area (Å²) in [5.41, 5.74) is 7.03. The molecule has 0 amide bonds. The van der Waals surface area contributed by atoms with E-state index in [-0.39, 0.29) is 5.82 Å². The number of aromatic amines is 2. The van der Waals surface area contributed by atoms with E-state index in [9.17, 15) is 4.39 Å². The highest BCUT2D eigenvalue weighted by Gasteiger charge is 2.16. The van der Waals surface area contributed by atoms with Crippen LogP contribution >= 0.6 is 0 Å². The van der Waals surface area contributed by atoms with Crippen LogP contribution in [0.3, 0.4) is 0 Å². The number of rotatable bonds is 7. The zero-order valence-corrected chi connectivity index (χ0v) is 22.0. The Morgan fingerprint density at radius 2 is 1.75 bits per heavy atom. The number of H-pyrrole nitrogens is 2. The predicted molar refractivity (Wildman–Crippen MR) is 158 cm³/mol. The quantitative estimate of drug-likeness (QED) is 0.283. The topological polar surface area (TPSA) is 83.1 Å². The molecule has 0 saturated carbocycles. The van der Waals surface area contributed by atoms with Crippen molar-refractivity contribution in [2.45, 2.75) is 19.8 Å². The number of aryl methyl sites for hydroxylation is 2. The summed E-state index contributed by atoms with van der Waals surface area (Å²) in [7, 11) is 0. The van der Waals surface area contributed by atoms with Crippen molar-refractivity contribution in [1.82, 2.24) is 30.1 Å². The Morgan fingerprint density at radius 1 is 0.950 bits per heavy atom. The first-order valence-electron chi connectivity index (χ1n) is 13.1. The average molecular weight is 527 g/mol. The minimum Gasteiger partial charge on any atom is -0.336 e. The van der Waals surface area contributed by atoms with Crippen LogP contribution in [0.5, 0.6) is 0 Å². The number of imidazole rings is 1. The Balaban J connectivity index is 1.36. The molecule has 0 aliphatic carbocycles. The van der Waals surface area contributed by atoms with Crippen molar-refractivity contribution in [3.63, 3.8) is 0 Å². The van der Waals surface area contributed by atoms with Gasteiger partial charge in [-0.05, 0) is 72.4 Å². The van der Waals surface area contributed by atoms with Gasteiger partial charge in [0, 0.05) is 29.4 Å². The smallest absolute Gasteiger partial charge is 0.159 e. The van der Waals surface area contributed by atoms with Crippen molar-refractivity contribution < 1.29 is 4.39 Å². The molecule has 6 rings (SSSR count). The second kappa shape index (κ2) is 10.9. The first-order valence-corrected chi connectivity index (χ1v) is 13.1. The number of allylic oxidation sites excluding steroid dienone is 1. The van der Waals surface area contributed by atoms with E-state index >= 15 is 0 Å². The minimum atomic E-state index is -0.348. The number of fused-ring (bicyclic) bond motifs is 1. The van der Waals surface area contributed by atoms with Crippen LogP contribution in [0.4, 0.5) is 4.39 Å². The van der Waals surface area contributed by atoms with Gasteiger partial charge in [-0.15, -0.1) is 0 Å². The zero-order chi connectivity index (χ0) is 27.5. The Labute approximate surface area is 230 Å². The average Bonchev–Trinajstić information content (AvgIpc) is 3.61. The van der Waals surface area contributed by atoms with Crippen LogP contribution in [0.15, 0.2) is 91.9 Å². The molecule has 4 aromatic heterocycles. The predicted octanol–water partition coefficient (Wildman–Crippen LogP) is 5.63. The molecule has 0 atom stereocenters. The van der Waals surface area contributed by atoms with Crippen LogP contribution in [-0.4, -0.2) is 30.1 Å². The van der Waals surface area contributed by atoms with Gasteiger partial charge < -0.3 is 4.98 Å². The Bertz CT molecular complexity index is 1950. The van der Waals surface area contributed by atoms with Crippen LogP contribution < -0.4 is 10.6 Å². The third kappa shape index (κ3) is 4.97. The van der Waals surface area contributed by atoms with E-state index in [0.29, 0.717) is 28.3 Å². The molecule has 0 spiro atoms. The Morgan fingerprint density at radius 3 is 2.58 bits per heavy atom. The normalized spacial score (nSPS) is 12.3. The summed E-state index contributed by atoms with van der Waals surface area (Å²) in [5.74, 6) is 0.207. The molecule has 196 valence electrons. The van der Waals surface area contributed by atoms with Crippen molar-refractivity contribution in [1.29, 1.82) is 0 Å². The summed E-state index contributed by atoms with van der Waals surface area (Å²) in [5, 5.41) is 9.36. The lowest BCUT2D eigenvalue weighted by Gasteiger charge is -2.05. The van der Waals surface area contributed by atoms with Crippen LogP contribution in [-0.2, 0) is 12.8 Å². The lowest BCUT2D eigenvalue weighted by atomic mass is 10.0. The first kappa shape index (κ1) is 25.1. The zero-order valence-electron chi connectivity index (χ0n) is 22.0. The van der Waals surface area contributed by atoms with Crippen LogP contribution in [0.25, 0.3) is 51.5 Å². The molecule has 7 heteroatoms. The molecule has 0 aliphatic heterocycles. The van der Waals surface area contributed by atoms with Gasteiger partial charge in [0.15, 0.2) is 5.82 Å². The van der Waals surface area contributed by atoms with Crippen LogP contribution in [0, 0.1) is 5.82 Å².